The lowest BCUT2D eigenvalue weighted by atomic mass is 9.87. The molecular formula is C24H32FN3O4S. The van der Waals surface area contributed by atoms with Crippen molar-refractivity contribution in [2.45, 2.75) is 45.7 Å². The first-order chi connectivity index (χ1) is 15.3. The minimum absolute atomic E-state index is 0.121. The van der Waals surface area contributed by atoms with E-state index in [0.29, 0.717) is 5.69 Å². The van der Waals surface area contributed by atoms with Gasteiger partial charge in [-0.05, 0) is 36.1 Å². The number of amides is 2. The smallest absolute Gasteiger partial charge is 0.244 e. The highest BCUT2D eigenvalue weighted by Crippen LogP contribution is 2.26. The van der Waals surface area contributed by atoms with Gasteiger partial charge in [-0.15, -0.1) is 0 Å². The summed E-state index contributed by atoms with van der Waals surface area (Å²) < 4.78 is 40.4. The number of carbonyl (C=O) groups is 2. The zero-order valence-corrected chi connectivity index (χ0v) is 20.7. The molecule has 0 bridgehead atoms. The normalized spacial score (nSPS) is 12.7. The van der Waals surface area contributed by atoms with Crippen LogP contribution < -0.4 is 9.62 Å². The SMILES string of the molecule is CNC(=O)[C@H](C)N(Cc1ccccc1F)C(=O)CN(c1ccc(C(C)(C)C)cc1)S(C)(=O)=O. The fraction of sp³-hybridized carbons (Fsp3) is 0.417. The van der Waals surface area contributed by atoms with Gasteiger partial charge in [-0.25, -0.2) is 12.8 Å². The fourth-order valence-corrected chi connectivity index (χ4v) is 4.19. The summed E-state index contributed by atoms with van der Waals surface area (Å²) in [6, 6.07) is 12.0. The Bertz CT molecular complexity index is 1100. The molecule has 0 aromatic heterocycles. The second-order valence-electron chi connectivity index (χ2n) is 8.97. The fourth-order valence-electron chi connectivity index (χ4n) is 3.34. The predicted molar refractivity (Wildman–Crippen MR) is 128 cm³/mol. The number of anilines is 1. The molecule has 0 radical (unpaired) electrons. The third-order valence-electron chi connectivity index (χ3n) is 5.41. The van der Waals surface area contributed by atoms with Gasteiger partial charge in [-0.3, -0.25) is 13.9 Å². The van der Waals surface area contributed by atoms with E-state index in [9.17, 15) is 22.4 Å². The second kappa shape index (κ2) is 10.3. The molecule has 2 rings (SSSR count). The Morgan fingerprint density at radius 3 is 2.12 bits per heavy atom. The predicted octanol–water partition coefficient (Wildman–Crippen LogP) is 3.05. The van der Waals surface area contributed by atoms with E-state index in [4.69, 9.17) is 0 Å². The number of benzene rings is 2. The second-order valence-corrected chi connectivity index (χ2v) is 10.9. The summed E-state index contributed by atoms with van der Waals surface area (Å²) in [6.45, 7) is 6.94. The highest BCUT2D eigenvalue weighted by molar-refractivity contribution is 7.92. The molecule has 0 heterocycles. The molecule has 0 aliphatic heterocycles. The molecule has 7 nitrogen and oxygen atoms in total. The van der Waals surface area contributed by atoms with E-state index >= 15 is 0 Å². The summed E-state index contributed by atoms with van der Waals surface area (Å²) in [4.78, 5) is 26.8. The minimum atomic E-state index is -3.82. The van der Waals surface area contributed by atoms with Gasteiger partial charge >= 0.3 is 0 Å². The maximum Gasteiger partial charge on any atom is 0.244 e. The molecule has 1 N–H and O–H groups in total. The highest BCUT2D eigenvalue weighted by Gasteiger charge is 2.30. The number of hydrogen-bond donors (Lipinski definition) is 1. The van der Waals surface area contributed by atoms with Gasteiger partial charge in [0.05, 0.1) is 11.9 Å². The van der Waals surface area contributed by atoms with E-state index in [0.717, 1.165) is 16.1 Å². The van der Waals surface area contributed by atoms with E-state index in [1.165, 1.54) is 37.1 Å². The summed E-state index contributed by atoms with van der Waals surface area (Å²) >= 11 is 0. The maximum absolute atomic E-state index is 14.3. The lowest BCUT2D eigenvalue weighted by molar-refractivity contribution is -0.139. The number of rotatable bonds is 8. The molecular weight excluding hydrogens is 445 g/mol. The van der Waals surface area contributed by atoms with Crippen LogP contribution in [-0.4, -0.2) is 51.0 Å². The molecule has 2 amide bonds. The summed E-state index contributed by atoms with van der Waals surface area (Å²) in [5.74, 6) is -1.59. The summed E-state index contributed by atoms with van der Waals surface area (Å²) in [6.07, 6.45) is 1.02. The first-order valence-corrected chi connectivity index (χ1v) is 12.4. The first-order valence-electron chi connectivity index (χ1n) is 10.6. The van der Waals surface area contributed by atoms with E-state index in [-0.39, 0.29) is 17.5 Å². The number of carbonyl (C=O) groups excluding carboxylic acids is 2. The van der Waals surface area contributed by atoms with E-state index in [1.54, 1.807) is 18.2 Å². The van der Waals surface area contributed by atoms with Crippen molar-refractivity contribution in [2.24, 2.45) is 0 Å². The number of halogens is 1. The minimum Gasteiger partial charge on any atom is -0.357 e. The Labute approximate surface area is 195 Å². The molecule has 2 aromatic carbocycles. The van der Waals surface area contributed by atoms with Gasteiger partial charge in [0, 0.05) is 19.2 Å². The first kappa shape index (κ1) is 26.3. The highest BCUT2D eigenvalue weighted by atomic mass is 32.2. The third kappa shape index (κ3) is 6.77. The Hall–Kier alpha value is -2.94. The molecule has 9 heteroatoms. The van der Waals surface area contributed by atoms with Gasteiger partial charge in [-0.2, -0.15) is 0 Å². The van der Waals surface area contributed by atoms with Crippen LogP contribution in [0.5, 0.6) is 0 Å². The zero-order valence-electron chi connectivity index (χ0n) is 19.9. The molecule has 0 saturated carbocycles. The number of likely N-dealkylation sites (N-methyl/N-ethyl adjacent to an activating group) is 1. The molecule has 0 unspecified atom stereocenters. The Balaban J connectivity index is 2.40. The lowest BCUT2D eigenvalue weighted by Crippen LogP contribution is -2.50. The van der Waals surface area contributed by atoms with Crippen molar-refractivity contribution in [1.29, 1.82) is 0 Å². The van der Waals surface area contributed by atoms with Crippen molar-refractivity contribution in [2.75, 3.05) is 24.2 Å². The van der Waals surface area contributed by atoms with Crippen molar-refractivity contribution in [3.05, 3.63) is 65.5 Å². The van der Waals surface area contributed by atoms with Crippen molar-refractivity contribution >= 4 is 27.5 Å². The molecule has 0 spiro atoms. The van der Waals surface area contributed by atoms with Crippen LogP contribution in [0.3, 0.4) is 0 Å². The molecule has 0 fully saturated rings. The lowest BCUT2D eigenvalue weighted by Gasteiger charge is -2.31. The molecule has 180 valence electrons. The summed E-state index contributed by atoms with van der Waals surface area (Å²) in [7, 11) is -2.38. The molecule has 33 heavy (non-hydrogen) atoms. The van der Waals surface area contributed by atoms with Crippen molar-refractivity contribution in [1.82, 2.24) is 10.2 Å². The number of sulfonamides is 1. The van der Waals surface area contributed by atoms with Crippen LogP contribution in [0.15, 0.2) is 48.5 Å². The van der Waals surface area contributed by atoms with E-state index in [1.807, 2.05) is 32.9 Å². The zero-order chi connectivity index (χ0) is 25.0. The largest absolute Gasteiger partial charge is 0.357 e. The van der Waals surface area contributed by atoms with E-state index < -0.39 is 40.2 Å². The number of nitrogens with zero attached hydrogens (tertiary/aromatic N) is 2. The van der Waals surface area contributed by atoms with Gasteiger partial charge in [-0.1, -0.05) is 51.1 Å². The Morgan fingerprint density at radius 2 is 1.64 bits per heavy atom. The van der Waals surface area contributed by atoms with Crippen LogP contribution in [-0.2, 0) is 31.6 Å². The summed E-state index contributed by atoms with van der Waals surface area (Å²) in [5.41, 5.74) is 1.45. The molecule has 0 aliphatic rings. The van der Waals surface area contributed by atoms with Crippen LogP contribution in [0, 0.1) is 5.82 Å². The average Bonchev–Trinajstić information content (AvgIpc) is 2.74. The Morgan fingerprint density at radius 1 is 1.06 bits per heavy atom. The van der Waals surface area contributed by atoms with Crippen LogP contribution in [0.1, 0.15) is 38.8 Å². The average molecular weight is 478 g/mol. The quantitative estimate of drug-likeness (QED) is 0.633. The van der Waals surface area contributed by atoms with Crippen molar-refractivity contribution < 1.29 is 22.4 Å². The summed E-state index contributed by atoms with van der Waals surface area (Å²) in [5, 5.41) is 2.48. The molecule has 0 saturated heterocycles. The monoisotopic (exact) mass is 477 g/mol. The third-order valence-corrected chi connectivity index (χ3v) is 6.55. The maximum atomic E-state index is 14.3. The van der Waals surface area contributed by atoms with Crippen LogP contribution in [0.4, 0.5) is 10.1 Å². The molecule has 1 atom stereocenters. The number of nitrogens with one attached hydrogen (secondary N) is 1. The topological polar surface area (TPSA) is 86.8 Å². The van der Waals surface area contributed by atoms with Gasteiger partial charge in [0.2, 0.25) is 21.8 Å². The standard InChI is InChI=1S/C24H32FN3O4S/c1-17(23(30)26-5)27(15-18-9-7-8-10-21(18)25)22(29)16-28(33(6,31)32)20-13-11-19(12-14-20)24(2,3)4/h7-14,17H,15-16H2,1-6H3,(H,26,30)/t17-/m0/s1. The van der Waals surface area contributed by atoms with Crippen molar-refractivity contribution in [3.63, 3.8) is 0 Å². The van der Waals surface area contributed by atoms with Gasteiger partial charge < -0.3 is 10.2 Å². The van der Waals surface area contributed by atoms with Crippen LogP contribution in [0.2, 0.25) is 0 Å². The van der Waals surface area contributed by atoms with Gasteiger partial charge in [0.15, 0.2) is 0 Å². The molecule has 2 aromatic rings. The molecule has 0 aliphatic carbocycles. The van der Waals surface area contributed by atoms with Crippen molar-refractivity contribution in [3.8, 4) is 0 Å². The van der Waals surface area contributed by atoms with Gasteiger partial charge in [0.1, 0.15) is 18.4 Å². The van der Waals surface area contributed by atoms with Crippen LogP contribution >= 0.6 is 0 Å². The van der Waals surface area contributed by atoms with Crippen LogP contribution in [0.25, 0.3) is 0 Å². The van der Waals surface area contributed by atoms with E-state index in [2.05, 4.69) is 5.32 Å². The number of hydrogen-bond acceptors (Lipinski definition) is 4. The Kier molecular flexibility index (Phi) is 8.24. The van der Waals surface area contributed by atoms with Gasteiger partial charge in [0.25, 0.3) is 0 Å².